The standard InChI is InChI=1S/C25H29N3O3S2/c1-25(2,23(29)30)33-24-26-19(18-32-24)12-17-31-22-10-8-21(9-11-22)28-15-13-27(14-16-28)20-6-4-3-5-7-20/h3-11,18H,12-17H2,1-2H3,(H,29,30). The predicted octanol–water partition coefficient (Wildman–Crippen LogP) is 5.05. The molecule has 0 unspecified atom stereocenters. The number of carboxylic acid groups (broad SMARTS) is 1. The molecule has 0 bridgehead atoms. The van der Waals surface area contributed by atoms with E-state index in [1.54, 1.807) is 13.8 Å². The first kappa shape index (κ1) is 23.4. The zero-order valence-electron chi connectivity index (χ0n) is 18.9. The first-order chi connectivity index (χ1) is 15.9. The topological polar surface area (TPSA) is 65.9 Å². The fourth-order valence-corrected chi connectivity index (χ4v) is 5.83. The number of nitrogens with zero attached hydrogens (tertiary/aromatic N) is 3. The van der Waals surface area contributed by atoms with Crippen molar-refractivity contribution in [2.45, 2.75) is 29.4 Å². The van der Waals surface area contributed by atoms with Gasteiger partial charge in [0, 0.05) is 49.4 Å². The van der Waals surface area contributed by atoms with Crippen LogP contribution in [0, 0.1) is 0 Å². The number of thioether (sulfide) groups is 1. The Morgan fingerprint density at radius 3 is 2.24 bits per heavy atom. The fourth-order valence-electron chi connectivity index (χ4n) is 3.60. The number of piperazine rings is 1. The molecule has 0 atom stereocenters. The molecule has 2 aromatic carbocycles. The van der Waals surface area contributed by atoms with E-state index in [9.17, 15) is 9.90 Å². The van der Waals surface area contributed by atoms with Gasteiger partial charge in [-0.25, -0.2) is 4.98 Å². The lowest BCUT2D eigenvalue weighted by Crippen LogP contribution is -2.46. The summed E-state index contributed by atoms with van der Waals surface area (Å²) >= 11 is 2.76. The van der Waals surface area contributed by atoms with Crippen LogP contribution in [0.2, 0.25) is 0 Å². The van der Waals surface area contributed by atoms with Crippen molar-refractivity contribution >= 4 is 40.4 Å². The van der Waals surface area contributed by atoms with E-state index >= 15 is 0 Å². The summed E-state index contributed by atoms with van der Waals surface area (Å²) in [6.45, 7) is 7.94. The van der Waals surface area contributed by atoms with Crippen LogP contribution in [-0.4, -0.2) is 53.6 Å². The highest BCUT2D eigenvalue weighted by atomic mass is 32.2. The molecule has 1 aliphatic rings. The highest BCUT2D eigenvalue weighted by Crippen LogP contribution is 2.34. The number of carbonyl (C=O) groups is 1. The summed E-state index contributed by atoms with van der Waals surface area (Å²) in [7, 11) is 0. The predicted molar refractivity (Wildman–Crippen MR) is 136 cm³/mol. The van der Waals surface area contributed by atoms with Crippen molar-refractivity contribution in [1.82, 2.24) is 4.98 Å². The highest BCUT2D eigenvalue weighted by molar-refractivity contribution is 8.02. The van der Waals surface area contributed by atoms with Crippen LogP contribution in [0.4, 0.5) is 11.4 Å². The molecule has 1 fully saturated rings. The number of anilines is 2. The van der Waals surface area contributed by atoms with E-state index in [0.717, 1.165) is 42.0 Å². The van der Waals surface area contributed by atoms with Crippen LogP contribution in [0.25, 0.3) is 0 Å². The Kier molecular flexibility index (Phi) is 7.45. The summed E-state index contributed by atoms with van der Waals surface area (Å²) in [6.07, 6.45) is 0.688. The van der Waals surface area contributed by atoms with Crippen LogP contribution < -0.4 is 14.5 Å². The molecule has 1 aromatic heterocycles. The molecule has 174 valence electrons. The maximum absolute atomic E-state index is 11.3. The van der Waals surface area contributed by atoms with Gasteiger partial charge in [-0.2, -0.15) is 0 Å². The number of aromatic nitrogens is 1. The van der Waals surface area contributed by atoms with Gasteiger partial charge in [0.25, 0.3) is 0 Å². The number of benzene rings is 2. The van der Waals surface area contributed by atoms with Crippen LogP contribution in [0.15, 0.2) is 64.3 Å². The molecular weight excluding hydrogens is 454 g/mol. The smallest absolute Gasteiger partial charge is 0.319 e. The molecule has 4 rings (SSSR count). The van der Waals surface area contributed by atoms with E-state index in [1.165, 1.54) is 34.5 Å². The van der Waals surface area contributed by atoms with Crippen molar-refractivity contribution in [3.05, 3.63) is 65.7 Å². The SMILES string of the molecule is CC(C)(Sc1nc(CCOc2ccc(N3CCN(c4ccccc4)CC3)cc2)cs1)C(=O)O. The average Bonchev–Trinajstić information content (AvgIpc) is 3.26. The summed E-state index contributed by atoms with van der Waals surface area (Å²) in [5, 5.41) is 11.2. The minimum atomic E-state index is -0.887. The third-order valence-corrected chi connectivity index (χ3v) is 7.79. The van der Waals surface area contributed by atoms with Crippen LogP contribution >= 0.6 is 23.1 Å². The van der Waals surface area contributed by atoms with Crippen molar-refractivity contribution < 1.29 is 14.6 Å². The number of hydrogen-bond acceptors (Lipinski definition) is 7. The van der Waals surface area contributed by atoms with Gasteiger partial charge in [-0.05, 0) is 50.2 Å². The molecule has 6 nitrogen and oxygen atoms in total. The maximum Gasteiger partial charge on any atom is 0.319 e. The van der Waals surface area contributed by atoms with Crippen molar-refractivity contribution in [3.63, 3.8) is 0 Å². The van der Waals surface area contributed by atoms with E-state index in [4.69, 9.17) is 4.74 Å². The summed E-state index contributed by atoms with van der Waals surface area (Å²) < 4.78 is 5.80. The van der Waals surface area contributed by atoms with E-state index in [-0.39, 0.29) is 0 Å². The summed E-state index contributed by atoms with van der Waals surface area (Å²) in [5.41, 5.74) is 3.44. The second-order valence-electron chi connectivity index (χ2n) is 8.42. The second-order valence-corrected chi connectivity index (χ2v) is 11.2. The van der Waals surface area contributed by atoms with Gasteiger partial charge < -0.3 is 19.6 Å². The minimum Gasteiger partial charge on any atom is -0.493 e. The highest BCUT2D eigenvalue weighted by Gasteiger charge is 2.29. The molecular formula is C25H29N3O3S2. The number of aliphatic carboxylic acids is 1. The molecule has 0 amide bonds. The molecule has 1 aliphatic heterocycles. The quantitative estimate of drug-likeness (QED) is 0.427. The van der Waals surface area contributed by atoms with Crippen molar-refractivity contribution in [2.75, 3.05) is 42.6 Å². The van der Waals surface area contributed by atoms with E-state index in [2.05, 4.69) is 57.2 Å². The molecule has 1 saturated heterocycles. The van der Waals surface area contributed by atoms with Crippen LogP contribution in [0.5, 0.6) is 5.75 Å². The van der Waals surface area contributed by atoms with Gasteiger partial charge in [0.2, 0.25) is 0 Å². The Bertz CT molecular complexity index is 1050. The van der Waals surface area contributed by atoms with Crippen LogP contribution in [0.3, 0.4) is 0 Å². The number of hydrogen-bond donors (Lipinski definition) is 1. The van der Waals surface area contributed by atoms with Crippen LogP contribution in [-0.2, 0) is 11.2 Å². The zero-order chi connectivity index (χ0) is 23.3. The molecule has 2 heterocycles. The molecule has 0 spiro atoms. The van der Waals surface area contributed by atoms with Gasteiger partial charge in [0.1, 0.15) is 10.5 Å². The molecule has 0 saturated carbocycles. The van der Waals surface area contributed by atoms with E-state index in [0.29, 0.717) is 13.0 Å². The van der Waals surface area contributed by atoms with Gasteiger partial charge in [0.05, 0.1) is 12.3 Å². The van der Waals surface area contributed by atoms with E-state index < -0.39 is 10.7 Å². The zero-order valence-corrected chi connectivity index (χ0v) is 20.6. The third kappa shape index (κ3) is 6.21. The Hall–Kier alpha value is -2.71. The minimum absolute atomic E-state index is 0.533. The van der Waals surface area contributed by atoms with Gasteiger partial charge in [-0.15, -0.1) is 11.3 Å². The Morgan fingerprint density at radius 2 is 1.64 bits per heavy atom. The van der Waals surface area contributed by atoms with Crippen LogP contribution in [0.1, 0.15) is 19.5 Å². The monoisotopic (exact) mass is 483 g/mol. The molecule has 0 radical (unpaired) electrons. The van der Waals surface area contributed by atoms with Gasteiger partial charge in [-0.3, -0.25) is 4.79 Å². The Balaban J connectivity index is 1.22. The first-order valence-electron chi connectivity index (χ1n) is 11.1. The lowest BCUT2D eigenvalue weighted by atomic mass is 10.2. The van der Waals surface area contributed by atoms with Crippen molar-refractivity contribution in [3.8, 4) is 5.75 Å². The Labute approximate surface area is 203 Å². The number of carboxylic acids is 1. The normalized spacial score (nSPS) is 14.4. The number of ether oxygens (including phenoxy) is 1. The molecule has 33 heavy (non-hydrogen) atoms. The number of rotatable bonds is 9. The van der Waals surface area contributed by atoms with Gasteiger partial charge in [0.15, 0.2) is 4.34 Å². The van der Waals surface area contributed by atoms with Gasteiger partial charge in [-0.1, -0.05) is 30.0 Å². The lowest BCUT2D eigenvalue weighted by molar-refractivity contribution is -0.138. The summed E-state index contributed by atoms with van der Waals surface area (Å²) in [4.78, 5) is 20.7. The summed E-state index contributed by atoms with van der Waals surface area (Å²) in [6, 6.07) is 18.9. The molecule has 3 aromatic rings. The molecule has 0 aliphatic carbocycles. The third-order valence-electron chi connectivity index (χ3n) is 5.62. The molecule has 1 N–H and O–H groups in total. The van der Waals surface area contributed by atoms with E-state index in [1.807, 2.05) is 17.5 Å². The average molecular weight is 484 g/mol. The van der Waals surface area contributed by atoms with Gasteiger partial charge >= 0.3 is 5.97 Å². The maximum atomic E-state index is 11.3. The largest absolute Gasteiger partial charge is 0.493 e. The van der Waals surface area contributed by atoms with Crippen molar-refractivity contribution in [1.29, 1.82) is 0 Å². The lowest BCUT2D eigenvalue weighted by Gasteiger charge is -2.37. The number of para-hydroxylation sites is 1. The molecule has 8 heteroatoms. The fraction of sp³-hybridized carbons (Fsp3) is 0.360. The second kappa shape index (κ2) is 10.5. The first-order valence-corrected chi connectivity index (χ1v) is 12.7. The number of thiazole rings is 1. The van der Waals surface area contributed by atoms with Crippen molar-refractivity contribution in [2.24, 2.45) is 0 Å². The Morgan fingerprint density at radius 1 is 1.03 bits per heavy atom. The summed E-state index contributed by atoms with van der Waals surface area (Å²) in [5.74, 6) is 0.00705.